The Balaban J connectivity index is 1.94. The highest BCUT2D eigenvalue weighted by atomic mass is 35.5. The zero-order valence-corrected chi connectivity index (χ0v) is 21.3. The number of nitrogens with one attached hydrogen (secondary N) is 1. The molecular formula is C27H25Cl2N3O3. The maximum atomic E-state index is 12.7. The molecule has 1 amide bonds. The summed E-state index contributed by atoms with van der Waals surface area (Å²) in [6.45, 7) is 6.73. The number of hydrogen-bond donors (Lipinski definition) is 2. The molecule has 0 bridgehead atoms. The van der Waals surface area contributed by atoms with Crippen molar-refractivity contribution in [2.45, 2.75) is 51.4 Å². The summed E-state index contributed by atoms with van der Waals surface area (Å²) < 4.78 is 6.23. The highest BCUT2D eigenvalue weighted by Crippen LogP contribution is 2.44. The third-order valence-corrected chi connectivity index (χ3v) is 6.38. The van der Waals surface area contributed by atoms with Crippen LogP contribution in [0.25, 0.3) is 22.4 Å². The molecule has 1 aliphatic heterocycles. The van der Waals surface area contributed by atoms with Crippen LogP contribution >= 0.6 is 23.2 Å². The number of rotatable bonds is 4. The van der Waals surface area contributed by atoms with Crippen molar-refractivity contribution >= 4 is 29.1 Å². The molecule has 0 saturated carbocycles. The van der Waals surface area contributed by atoms with Crippen LogP contribution in [0.2, 0.25) is 10.0 Å². The molecule has 1 aromatic heterocycles. The van der Waals surface area contributed by atoms with E-state index in [0.717, 1.165) is 11.1 Å². The topological polar surface area (TPSA) is 95.2 Å². The zero-order chi connectivity index (χ0) is 25.5. The Morgan fingerprint density at radius 1 is 1.17 bits per heavy atom. The highest BCUT2D eigenvalue weighted by molar-refractivity contribution is 6.36. The van der Waals surface area contributed by atoms with Gasteiger partial charge in [0.15, 0.2) is 0 Å². The lowest BCUT2D eigenvalue weighted by Crippen LogP contribution is -2.47. The molecule has 3 aromatic rings. The van der Waals surface area contributed by atoms with Crippen molar-refractivity contribution in [2.24, 2.45) is 0 Å². The number of aromatic nitrogens is 1. The number of nitriles is 1. The molecule has 0 spiro atoms. The van der Waals surface area contributed by atoms with E-state index in [1.165, 1.54) is 13.8 Å². The van der Waals surface area contributed by atoms with E-state index in [1.54, 1.807) is 30.3 Å². The number of carbonyl (C=O) groups is 1. The van der Waals surface area contributed by atoms with Gasteiger partial charge in [-0.2, -0.15) is 5.26 Å². The van der Waals surface area contributed by atoms with Crippen LogP contribution in [0.15, 0.2) is 48.5 Å². The monoisotopic (exact) mass is 509 g/mol. The van der Waals surface area contributed by atoms with Gasteiger partial charge in [-0.05, 0) is 69.7 Å². The average Bonchev–Trinajstić information content (AvgIpc) is 2.77. The van der Waals surface area contributed by atoms with Crippen molar-refractivity contribution in [3.63, 3.8) is 0 Å². The summed E-state index contributed by atoms with van der Waals surface area (Å²) in [6, 6.07) is 15.9. The number of benzene rings is 2. The van der Waals surface area contributed by atoms with E-state index >= 15 is 0 Å². The van der Waals surface area contributed by atoms with Gasteiger partial charge in [0.05, 0.1) is 28.4 Å². The van der Waals surface area contributed by atoms with Gasteiger partial charge in [0.25, 0.3) is 5.91 Å². The second-order valence-electron chi connectivity index (χ2n) is 9.74. The lowest BCUT2D eigenvalue weighted by atomic mass is 9.88. The minimum Gasteiger partial charge on any atom is -0.471 e. The maximum Gasteiger partial charge on any atom is 0.251 e. The molecule has 180 valence electrons. The lowest BCUT2D eigenvalue weighted by Gasteiger charge is -2.38. The molecule has 0 radical (unpaired) electrons. The van der Waals surface area contributed by atoms with Gasteiger partial charge in [0.2, 0.25) is 5.88 Å². The molecule has 0 aliphatic carbocycles. The van der Waals surface area contributed by atoms with Crippen LogP contribution in [0, 0.1) is 11.3 Å². The fourth-order valence-electron chi connectivity index (χ4n) is 4.04. The van der Waals surface area contributed by atoms with Crippen LogP contribution in [-0.2, 0) is 4.79 Å². The average molecular weight is 510 g/mol. The van der Waals surface area contributed by atoms with Crippen molar-refractivity contribution in [1.82, 2.24) is 10.3 Å². The molecule has 6 nitrogen and oxygen atoms in total. The Bertz CT molecular complexity index is 1340. The number of pyridine rings is 1. The van der Waals surface area contributed by atoms with E-state index in [-0.39, 0.29) is 0 Å². The number of aliphatic hydroxyl groups is 1. The van der Waals surface area contributed by atoms with Crippen molar-refractivity contribution in [3.8, 4) is 34.3 Å². The third-order valence-electron chi connectivity index (χ3n) is 5.83. The van der Waals surface area contributed by atoms with E-state index in [0.29, 0.717) is 44.7 Å². The largest absolute Gasteiger partial charge is 0.471 e. The van der Waals surface area contributed by atoms with Crippen LogP contribution in [0.1, 0.15) is 51.3 Å². The van der Waals surface area contributed by atoms with Crippen LogP contribution in [0.4, 0.5) is 0 Å². The lowest BCUT2D eigenvalue weighted by molar-refractivity contribution is -0.137. The van der Waals surface area contributed by atoms with Gasteiger partial charge in [-0.25, -0.2) is 4.98 Å². The summed E-state index contributed by atoms with van der Waals surface area (Å²) in [5.74, 6) is -0.114. The molecular weight excluding hydrogens is 485 g/mol. The molecule has 1 atom stereocenters. The quantitative estimate of drug-likeness (QED) is 0.443. The van der Waals surface area contributed by atoms with Crippen molar-refractivity contribution in [1.29, 1.82) is 5.26 Å². The van der Waals surface area contributed by atoms with Crippen molar-refractivity contribution in [3.05, 3.63) is 69.7 Å². The van der Waals surface area contributed by atoms with Crippen LogP contribution in [-0.4, -0.2) is 27.2 Å². The summed E-state index contributed by atoms with van der Waals surface area (Å²) in [4.78, 5) is 17.5. The summed E-state index contributed by atoms with van der Waals surface area (Å²) >= 11 is 12.7. The predicted molar refractivity (Wildman–Crippen MR) is 136 cm³/mol. The van der Waals surface area contributed by atoms with Gasteiger partial charge in [-0.3, -0.25) is 4.79 Å². The number of hydrogen-bond acceptors (Lipinski definition) is 5. The molecule has 4 rings (SSSR count). The smallest absolute Gasteiger partial charge is 0.251 e. The van der Waals surface area contributed by atoms with E-state index < -0.39 is 23.2 Å². The van der Waals surface area contributed by atoms with Crippen LogP contribution in [0.5, 0.6) is 5.88 Å². The van der Waals surface area contributed by atoms with Gasteiger partial charge in [0.1, 0.15) is 11.2 Å². The Kier molecular flexibility index (Phi) is 6.54. The molecule has 2 N–H and O–H groups in total. The molecule has 8 heteroatoms. The van der Waals surface area contributed by atoms with Gasteiger partial charge < -0.3 is 15.2 Å². The molecule has 2 heterocycles. The first kappa shape index (κ1) is 25.0. The van der Waals surface area contributed by atoms with E-state index in [1.807, 2.05) is 32.0 Å². The Hall–Kier alpha value is -3.11. The van der Waals surface area contributed by atoms with Crippen LogP contribution in [0.3, 0.4) is 0 Å². The first-order valence-corrected chi connectivity index (χ1v) is 11.9. The molecule has 35 heavy (non-hydrogen) atoms. The Labute approximate surface area is 214 Å². The number of amides is 1. The van der Waals surface area contributed by atoms with E-state index in [4.69, 9.17) is 32.9 Å². The Morgan fingerprint density at radius 3 is 2.46 bits per heavy atom. The second kappa shape index (κ2) is 9.16. The first-order valence-electron chi connectivity index (χ1n) is 11.1. The van der Waals surface area contributed by atoms with Crippen molar-refractivity contribution in [2.75, 3.05) is 0 Å². The van der Waals surface area contributed by atoms with E-state index in [2.05, 4.69) is 11.4 Å². The molecule has 0 saturated heterocycles. The fourth-order valence-corrected chi connectivity index (χ4v) is 4.54. The number of ether oxygens (including phenoxy) is 1. The van der Waals surface area contributed by atoms with Gasteiger partial charge in [-0.15, -0.1) is 0 Å². The van der Waals surface area contributed by atoms with Crippen molar-refractivity contribution < 1.29 is 14.6 Å². The fraction of sp³-hybridized carbons (Fsp3) is 0.296. The zero-order valence-electron chi connectivity index (χ0n) is 19.8. The minimum absolute atomic E-state index is 0.376. The highest BCUT2D eigenvalue weighted by Gasteiger charge is 2.38. The summed E-state index contributed by atoms with van der Waals surface area (Å²) in [5, 5.41) is 23.3. The molecule has 0 fully saturated rings. The number of nitrogens with zero attached hydrogens (tertiary/aromatic N) is 2. The third kappa shape index (κ3) is 5.28. The number of halogens is 2. The van der Waals surface area contributed by atoms with Crippen LogP contribution < -0.4 is 10.1 Å². The predicted octanol–water partition coefficient (Wildman–Crippen LogP) is 6.08. The van der Waals surface area contributed by atoms with Gasteiger partial charge in [0, 0.05) is 28.1 Å². The van der Waals surface area contributed by atoms with Gasteiger partial charge in [-0.1, -0.05) is 35.3 Å². The maximum absolute atomic E-state index is 12.7. The number of carbonyl (C=O) groups excluding carboxylic acids is 1. The summed E-state index contributed by atoms with van der Waals surface area (Å²) in [6.07, 6.45) is 0.483. The Morgan fingerprint density at radius 2 is 1.86 bits per heavy atom. The standard InChI is InChI=1S/C27H25Cl2N3O3/c1-26(2)13-22(31-25(33)27(3,4)34)20-12-19(16-7-5-15(14-30)6-8-16)23(32-24(20)35-26)18-10-9-17(28)11-21(18)29/h5-12,22,34H,13H2,1-4H3,(H,31,33). The summed E-state index contributed by atoms with van der Waals surface area (Å²) in [5.41, 5.74) is 1.89. The van der Waals surface area contributed by atoms with Gasteiger partial charge >= 0.3 is 0 Å². The number of fused-ring (bicyclic) bond motifs is 1. The SMILES string of the molecule is CC1(C)CC(NC(=O)C(C)(C)O)c2cc(-c3ccc(C#N)cc3)c(-c3ccc(Cl)cc3Cl)nc2O1. The molecule has 2 aromatic carbocycles. The second-order valence-corrected chi connectivity index (χ2v) is 10.6. The molecule has 1 unspecified atom stereocenters. The minimum atomic E-state index is -1.54. The van der Waals surface area contributed by atoms with E-state index in [9.17, 15) is 15.2 Å². The molecule has 1 aliphatic rings. The summed E-state index contributed by atoms with van der Waals surface area (Å²) in [7, 11) is 0. The first-order chi connectivity index (χ1) is 16.4. The normalized spacial score (nSPS) is 16.6.